The van der Waals surface area contributed by atoms with Crippen LogP contribution in [0.3, 0.4) is 0 Å². The van der Waals surface area contributed by atoms with Gasteiger partial charge in [-0.25, -0.2) is 0 Å². The molecule has 0 aliphatic heterocycles. The molecule has 1 aliphatic rings. The second-order valence-corrected chi connectivity index (χ2v) is 5.39. The fraction of sp³-hybridized carbons (Fsp3) is 0.375. The molecule has 0 aromatic heterocycles. The Hall–Kier alpha value is -2.01. The summed E-state index contributed by atoms with van der Waals surface area (Å²) in [5.74, 6) is -0.349. The van der Waals surface area contributed by atoms with Crippen molar-refractivity contribution in [3.05, 3.63) is 35.4 Å². The number of carbonyl (C=O) groups is 2. The van der Waals surface area contributed by atoms with Gasteiger partial charge in [0.15, 0.2) is 6.61 Å². The van der Waals surface area contributed by atoms with Gasteiger partial charge in [-0.15, -0.1) is 0 Å². The third-order valence-electron chi connectivity index (χ3n) is 3.38. The molecular weight excluding hydrogens is 306 g/mol. The van der Waals surface area contributed by atoms with E-state index in [0.717, 1.165) is 12.8 Å². The van der Waals surface area contributed by atoms with Crippen LogP contribution >= 0.6 is 11.6 Å². The first-order valence-electron chi connectivity index (χ1n) is 7.05. The maximum absolute atomic E-state index is 11.8. The van der Waals surface area contributed by atoms with Crippen molar-refractivity contribution in [3.8, 4) is 5.75 Å². The van der Waals surface area contributed by atoms with Gasteiger partial charge in [-0.1, -0.05) is 23.8 Å². The summed E-state index contributed by atoms with van der Waals surface area (Å²) in [4.78, 5) is 23.6. The van der Waals surface area contributed by atoms with Crippen molar-refractivity contribution in [2.24, 2.45) is 5.92 Å². The van der Waals surface area contributed by atoms with Crippen molar-refractivity contribution < 1.29 is 19.1 Å². The summed E-state index contributed by atoms with van der Waals surface area (Å²) < 4.78 is 10.1. The Morgan fingerprint density at radius 3 is 2.82 bits per heavy atom. The Bertz CT molecular complexity index is 586. The van der Waals surface area contributed by atoms with Crippen molar-refractivity contribution in [1.29, 1.82) is 0 Å². The highest BCUT2D eigenvalue weighted by atomic mass is 35.5. The maximum Gasteiger partial charge on any atom is 0.309 e. The summed E-state index contributed by atoms with van der Waals surface area (Å²) in [6, 6.07) is 4.89. The van der Waals surface area contributed by atoms with E-state index >= 15 is 0 Å². The summed E-state index contributed by atoms with van der Waals surface area (Å²) in [5.41, 5.74) is 0.521. The van der Waals surface area contributed by atoms with Crippen LogP contribution in [0.5, 0.6) is 5.75 Å². The van der Waals surface area contributed by atoms with E-state index in [4.69, 9.17) is 21.1 Å². The van der Waals surface area contributed by atoms with E-state index in [1.54, 1.807) is 18.2 Å². The van der Waals surface area contributed by atoms with Crippen molar-refractivity contribution >= 4 is 29.2 Å². The summed E-state index contributed by atoms with van der Waals surface area (Å²) >= 11 is 5.97. The zero-order valence-corrected chi connectivity index (χ0v) is 13.1. The number of anilines is 1. The second-order valence-electron chi connectivity index (χ2n) is 4.99. The summed E-state index contributed by atoms with van der Waals surface area (Å²) in [7, 11) is 1.51. The van der Waals surface area contributed by atoms with Crippen LogP contribution in [0.1, 0.15) is 19.3 Å². The standard InChI is InChI=1S/C16H18ClNO4/c1-21-14-8-7-12(9-13(14)17)18-15(19)10-22-16(20)11-5-3-2-4-6-11/h2-3,7-9,11H,4-6,10H2,1H3,(H,18,19)/t11-/m0/s1. The number of rotatable bonds is 5. The highest BCUT2D eigenvalue weighted by molar-refractivity contribution is 6.32. The fourth-order valence-electron chi connectivity index (χ4n) is 2.20. The van der Waals surface area contributed by atoms with Crippen LogP contribution in [0.15, 0.2) is 30.4 Å². The molecule has 0 bridgehead atoms. The first-order valence-corrected chi connectivity index (χ1v) is 7.43. The molecule has 1 aliphatic carbocycles. The Labute approximate surface area is 134 Å². The molecule has 22 heavy (non-hydrogen) atoms. The molecule has 6 heteroatoms. The average molecular weight is 324 g/mol. The number of esters is 1. The Balaban J connectivity index is 1.81. The topological polar surface area (TPSA) is 64.6 Å². The zero-order valence-electron chi connectivity index (χ0n) is 12.3. The van der Waals surface area contributed by atoms with Crippen molar-refractivity contribution in [3.63, 3.8) is 0 Å². The number of nitrogens with one attached hydrogen (secondary N) is 1. The van der Waals surface area contributed by atoms with E-state index in [0.29, 0.717) is 22.9 Å². The van der Waals surface area contributed by atoms with Gasteiger partial charge in [0, 0.05) is 5.69 Å². The minimum absolute atomic E-state index is 0.145. The van der Waals surface area contributed by atoms with Crippen LogP contribution in [-0.2, 0) is 14.3 Å². The molecule has 1 N–H and O–H groups in total. The van der Waals surface area contributed by atoms with Gasteiger partial charge < -0.3 is 14.8 Å². The second kappa shape index (κ2) is 7.84. The zero-order chi connectivity index (χ0) is 15.9. The Morgan fingerprint density at radius 1 is 1.36 bits per heavy atom. The van der Waals surface area contributed by atoms with Crippen LogP contribution in [0.2, 0.25) is 5.02 Å². The van der Waals surface area contributed by atoms with Gasteiger partial charge in [-0.2, -0.15) is 0 Å². The van der Waals surface area contributed by atoms with Gasteiger partial charge in [0.05, 0.1) is 18.1 Å². The summed E-state index contributed by atoms with van der Waals surface area (Å²) in [6.45, 7) is -0.303. The number of benzene rings is 1. The van der Waals surface area contributed by atoms with Gasteiger partial charge in [-0.05, 0) is 37.5 Å². The first kappa shape index (κ1) is 16.4. The molecule has 0 unspecified atom stereocenters. The van der Waals surface area contributed by atoms with Crippen molar-refractivity contribution in [1.82, 2.24) is 0 Å². The lowest BCUT2D eigenvalue weighted by Crippen LogP contribution is -2.25. The molecule has 0 saturated carbocycles. The van der Waals surface area contributed by atoms with Gasteiger partial charge >= 0.3 is 5.97 Å². The van der Waals surface area contributed by atoms with E-state index in [1.807, 2.05) is 12.2 Å². The van der Waals surface area contributed by atoms with E-state index in [2.05, 4.69) is 5.32 Å². The average Bonchev–Trinajstić information content (AvgIpc) is 2.53. The number of hydrogen-bond acceptors (Lipinski definition) is 4. The van der Waals surface area contributed by atoms with Gasteiger partial charge in [-0.3, -0.25) is 9.59 Å². The minimum Gasteiger partial charge on any atom is -0.495 e. The molecule has 5 nitrogen and oxygen atoms in total. The maximum atomic E-state index is 11.8. The van der Waals surface area contributed by atoms with E-state index in [-0.39, 0.29) is 18.5 Å². The van der Waals surface area contributed by atoms with Crippen LogP contribution in [-0.4, -0.2) is 25.6 Å². The predicted molar refractivity (Wildman–Crippen MR) is 84.1 cm³/mol. The normalized spacial score (nSPS) is 16.9. The highest BCUT2D eigenvalue weighted by Gasteiger charge is 2.21. The van der Waals surface area contributed by atoms with Crippen molar-refractivity contribution in [2.45, 2.75) is 19.3 Å². The Morgan fingerprint density at radius 2 is 2.18 bits per heavy atom. The smallest absolute Gasteiger partial charge is 0.309 e. The number of amides is 1. The molecule has 0 heterocycles. The molecule has 0 spiro atoms. The molecular formula is C16H18ClNO4. The van der Waals surface area contributed by atoms with Gasteiger partial charge in [0.25, 0.3) is 5.91 Å². The monoisotopic (exact) mass is 323 g/mol. The number of methoxy groups -OCH3 is 1. The number of carbonyl (C=O) groups excluding carboxylic acids is 2. The van der Waals surface area contributed by atoms with Crippen LogP contribution in [0, 0.1) is 5.92 Å². The number of ether oxygens (including phenoxy) is 2. The van der Waals surface area contributed by atoms with E-state index < -0.39 is 5.91 Å². The number of allylic oxidation sites excluding steroid dienone is 2. The molecule has 0 fully saturated rings. The molecule has 1 atom stereocenters. The Kier molecular flexibility index (Phi) is 5.83. The van der Waals surface area contributed by atoms with Crippen LogP contribution in [0.4, 0.5) is 5.69 Å². The molecule has 0 radical (unpaired) electrons. The van der Waals surface area contributed by atoms with Crippen molar-refractivity contribution in [2.75, 3.05) is 19.0 Å². The molecule has 1 amide bonds. The third-order valence-corrected chi connectivity index (χ3v) is 3.68. The van der Waals surface area contributed by atoms with E-state index in [9.17, 15) is 9.59 Å². The lowest BCUT2D eigenvalue weighted by Gasteiger charge is -2.16. The predicted octanol–water partition coefficient (Wildman–Crippen LogP) is 3.19. The number of hydrogen-bond donors (Lipinski definition) is 1. The molecule has 0 saturated heterocycles. The SMILES string of the molecule is COc1ccc(NC(=O)COC(=O)[C@H]2CC=CCC2)cc1Cl. The lowest BCUT2D eigenvalue weighted by atomic mass is 9.95. The van der Waals surface area contributed by atoms with Gasteiger partial charge in [0.2, 0.25) is 0 Å². The lowest BCUT2D eigenvalue weighted by molar-refractivity contribution is -0.151. The molecule has 1 aromatic rings. The van der Waals surface area contributed by atoms with Crippen LogP contribution in [0.25, 0.3) is 0 Å². The molecule has 118 valence electrons. The molecule has 1 aromatic carbocycles. The first-order chi connectivity index (χ1) is 10.6. The largest absolute Gasteiger partial charge is 0.495 e. The highest BCUT2D eigenvalue weighted by Crippen LogP contribution is 2.27. The van der Waals surface area contributed by atoms with Crippen LogP contribution < -0.4 is 10.1 Å². The van der Waals surface area contributed by atoms with E-state index in [1.165, 1.54) is 7.11 Å². The van der Waals surface area contributed by atoms with Gasteiger partial charge in [0.1, 0.15) is 5.75 Å². The fourth-order valence-corrected chi connectivity index (χ4v) is 2.46. The molecule has 2 rings (SSSR count). The number of halogens is 1. The summed E-state index contributed by atoms with van der Waals surface area (Å²) in [5, 5.41) is 3.02. The minimum atomic E-state index is -0.402. The summed E-state index contributed by atoms with van der Waals surface area (Å²) in [6.07, 6.45) is 6.33. The third kappa shape index (κ3) is 4.49. The quantitative estimate of drug-likeness (QED) is 0.667.